The maximum atomic E-state index is 5.32. The van der Waals surface area contributed by atoms with E-state index in [0.717, 1.165) is 26.2 Å². The molecule has 0 radical (unpaired) electrons. The maximum Gasteiger partial charge on any atom is 0.0502 e. The Balaban J connectivity index is 1.90. The molecule has 2 rings (SSSR count). The third-order valence-electron chi connectivity index (χ3n) is 4.02. The van der Waals surface area contributed by atoms with Gasteiger partial charge in [0.05, 0.1) is 6.61 Å². The maximum absolute atomic E-state index is 5.32. The smallest absolute Gasteiger partial charge is 0.0502 e. The molecule has 1 saturated heterocycles. The summed E-state index contributed by atoms with van der Waals surface area (Å²) in [5.74, 6) is 0.717. The lowest BCUT2D eigenvalue weighted by atomic mass is 9.98. The van der Waals surface area contributed by atoms with Crippen LogP contribution >= 0.6 is 11.3 Å². The van der Waals surface area contributed by atoms with Gasteiger partial charge in [-0.1, -0.05) is 6.92 Å². The summed E-state index contributed by atoms with van der Waals surface area (Å²) in [4.78, 5) is 5.54. The lowest BCUT2D eigenvalue weighted by Gasteiger charge is -2.32. The van der Waals surface area contributed by atoms with Gasteiger partial charge in [0.15, 0.2) is 0 Å². The van der Waals surface area contributed by atoms with Gasteiger partial charge in [-0.15, -0.1) is 11.3 Å². The average Bonchev–Trinajstić information content (AvgIpc) is 2.78. The molecule has 1 aromatic heterocycles. The average molecular weight is 296 g/mol. The minimum Gasteiger partial charge on any atom is -0.384 e. The van der Waals surface area contributed by atoms with Gasteiger partial charge in [0.2, 0.25) is 0 Å². The quantitative estimate of drug-likeness (QED) is 0.837. The third kappa shape index (κ3) is 4.55. The summed E-state index contributed by atoms with van der Waals surface area (Å²) < 4.78 is 5.32. The summed E-state index contributed by atoms with van der Waals surface area (Å²) in [6.07, 6.45) is 2.63. The van der Waals surface area contributed by atoms with E-state index in [1.54, 1.807) is 0 Å². The van der Waals surface area contributed by atoms with Gasteiger partial charge in [-0.05, 0) is 50.4 Å². The fourth-order valence-corrected chi connectivity index (χ4v) is 4.01. The highest BCUT2D eigenvalue weighted by molar-refractivity contribution is 7.12. The molecule has 20 heavy (non-hydrogen) atoms. The molecule has 1 aliphatic rings. The predicted octanol–water partition coefficient (Wildman–Crippen LogP) is 3.02. The Hall–Kier alpha value is -0.420. The Kier molecular flexibility index (Phi) is 6.49. The molecule has 0 aliphatic carbocycles. The van der Waals surface area contributed by atoms with Crippen LogP contribution in [-0.4, -0.2) is 38.3 Å². The van der Waals surface area contributed by atoms with Gasteiger partial charge in [-0.2, -0.15) is 0 Å². The fourth-order valence-electron chi connectivity index (χ4n) is 2.99. The number of likely N-dealkylation sites (tertiary alicyclic amines) is 1. The van der Waals surface area contributed by atoms with Crippen molar-refractivity contribution in [2.24, 2.45) is 5.92 Å². The van der Waals surface area contributed by atoms with Gasteiger partial charge in [-0.25, -0.2) is 0 Å². The van der Waals surface area contributed by atoms with E-state index in [0.29, 0.717) is 5.92 Å². The van der Waals surface area contributed by atoms with Crippen molar-refractivity contribution in [3.05, 3.63) is 21.4 Å². The van der Waals surface area contributed by atoms with Gasteiger partial charge in [0.25, 0.3) is 0 Å². The SMILES string of the molecule is CCNCc1cc(CN2CCCC(COC)C2)c(C)s1. The Morgan fingerprint density at radius 2 is 2.35 bits per heavy atom. The molecule has 0 saturated carbocycles. The summed E-state index contributed by atoms with van der Waals surface area (Å²) >= 11 is 1.94. The Bertz CT molecular complexity index is 403. The minimum absolute atomic E-state index is 0.717. The van der Waals surface area contributed by atoms with Crippen LogP contribution in [0.2, 0.25) is 0 Å². The van der Waals surface area contributed by atoms with Crippen LogP contribution in [0.15, 0.2) is 6.07 Å². The number of hydrogen-bond acceptors (Lipinski definition) is 4. The van der Waals surface area contributed by atoms with Crippen LogP contribution in [0, 0.1) is 12.8 Å². The second kappa shape index (κ2) is 8.13. The number of nitrogens with one attached hydrogen (secondary N) is 1. The van der Waals surface area contributed by atoms with Crippen molar-refractivity contribution >= 4 is 11.3 Å². The zero-order valence-electron chi connectivity index (χ0n) is 13.1. The molecule has 1 aliphatic heterocycles. The van der Waals surface area contributed by atoms with Crippen molar-refractivity contribution in [2.45, 2.75) is 39.8 Å². The second-order valence-corrected chi connectivity index (χ2v) is 7.11. The third-order valence-corrected chi connectivity index (χ3v) is 5.11. The summed E-state index contributed by atoms with van der Waals surface area (Å²) in [6, 6.07) is 2.39. The van der Waals surface area contributed by atoms with E-state index in [2.05, 4.69) is 30.1 Å². The molecule has 3 nitrogen and oxygen atoms in total. The summed E-state index contributed by atoms with van der Waals surface area (Å²) in [5, 5.41) is 3.41. The molecule has 1 N–H and O–H groups in total. The van der Waals surface area contributed by atoms with Crippen LogP contribution in [0.4, 0.5) is 0 Å². The van der Waals surface area contributed by atoms with Crippen molar-refractivity contribution in [1.82, 2.24) is 10.2 Å². The minimum atomic E-state index is 0.717. The first kappa shape index (κ1) is 16.0. The number of piperidine rings is 1. The lowest BCUT2D eigenvalue weighted by Crippen LogP contribution is -2.36. The number of ether oxygens (including phenoxy) is 1. The predicted molar refractivity (Wildman–Crippen MR) is 86.3 cm³/mol. The summed E-state index contributed by atoms with van der Waals surface area (Å²) in [7, 11) is 1.81. The summed E-state index contributed by atoms with van der Waals surface area (Å²) in [5.41, 5.74) is 1.51. The van der Waals surface area contributed by atoms with Crippen molar-refractivity contribution in [2.75, 3.05) is 33.4 Å². The molecular weight excluding hydrogens is 268 g/mol. The number of thiophene rings is 1. The van der Waals surface area contributed by atoms with Crippen LogP contribution in [0.3, 0.4) is 0 Å². The first-order chi connectivity index (χ1) is 9.72. The normalized spacial score (nSPS) is 20.4. The van der Waals surface area contributed by atoms with Crippen LogP contribution in [0.1, 0.15) is 35.1 Å². The molecular formula is C16H28N2OS. The fraction of sp³-hybridized carbons (Fsp3) is 0.750. The molecule has 0 aromatic carbocycles. The first-order valence-electron chi connectivity index (χ1n) is 7.73. The molecule has 1 unspecified atom stereocenters. The van der Waals surface area contributed by atoms with E-state index in [-0.39, 0.29) is 0 Å². The topological polar surface area (TPSA) is 24.5 Å². The van der Waals surface area contributed by atoms with Gasteiger partial charge in [-0.3, -0.25) is 4.90 Å². The van der Waals surface area contributed by atoms with Gasteiger partial charge in [0, 0.05) is 36.5 Å². The second-order valence-electron chi connectivity index (χ2n) is 5.77. The molecule has 2 heterocycles. The van der Waals surface area contributed by atoms with Crippen molar-refractivity contribution in [3.63, 3.8) is 0 Å². The highest BCUT2D eigenvalue weighted by Gasteiger charge is 2.20. The van der Waals surface area contributed by atoms with E-state index < -0.39 is 0 Å². The highest BCUT2D eigenvalue weighted by atomic mass is 32.1. The molecule has 4 heteroatoms. The molecule has 1 atom stereocenters. The number of rotatable bonds is 7. The first-order valence-corrected chi connectivity index (χ1v) is 8.54. The summed E-state index contributed by atoms with van der Waals surface area (Å²) in [6.45, 7) is 10.9. The Morgan fingerprint density at radius 3 is 3.10 bits per heavy atom. The van der Waals surface area contributed by atoms with Crippen molar-refractivity contribution < 1.29 is 4.74 Å². The van der Waals surface area contributed by atoms with E-state index in [9.17, 15) is 0 Å². The Morgan fingerprint density at radius 1 is 1.50 bits per heavy atom. The van der Waals surface area contributed by atoms with Crippen molar-refractivity contribution in [1.29, 1.82) is 0 Å². The zero-order valence-corrected chi connectivity index (χ0v) is 13.9. The molecule has 0 bridgehead atoms. The van der Waals surface area contributed by atoms with Gasteiger partial charge >= 0.3 is 0 Å². The molecule has 114 valence electrons. The van der Waals surface area contributed by atoms with Crippen LogP contribution in [0.5, 0.6) is 0 Å². The van der Waals surface area contributed by atoms with E-state index in [1.807, 2.05) is 18.4 Å². The van der Waals surface area contributed by atoms with Gasteiger partial charge < -0.3 is 10.1 Å². The highest BCUT2D eigenvalue weighted by Crippen LogP contribution is 2.25. The number of hydrogen-bond donors (Lipinski definition) is 1. The molecule has 0 spiro atoms. The van der Waals surface area contributed by atoms with Gasteiger partial charge in [0.1, 0.15) is 0 Å². The number of methoxy groups -OCH3 is 1. The van der Waals surface area contributed by atoms with Crippen molar-refractivity contribution in [3.8, 4) is 0 Å². The largest absolute Gasteiger partial charge is 0.384 e. The zero-order chi connectivity index (χ0) is 14.4. The standard InChI is InChI=1S/C16H28N2OS/c1-4-17-9-16-8-15(13(2)20-16)11-18-7-5-6-14(10-18)12-19-3/h8,14,17H,4-7,9-12H2,1-3H3. The van der Waals surface area contributed by atoms with E-state index >= 15 is 0 Å². The van der Waals surface area contributed by atoms with Crippen LogP contribution in [0.25, 0.3) is 0 Å². The lowest BCUT2D eigenvalue weighted by molar-refractivity contribution is 0.0873. The Labute approximate surface area is 127 Å². The molecule has 0 amide bonds. The number of nitrogens with zero attached hydrogens (tertiary/aromatic N) is 1. The van der Waals surface area contributed by atoms with Crippen LogP contribution in [-0.2, 0) is 17.8 Å². The van der Waals surface area contributed by atoms with E-state index in [1.165, 1.54) is 41.2 Å². The molecule has 1 aromatic rings. The monoisotopic (exact) mass is 296 g/mol. The van der Waals surface area contributed by atoms with Crippen LogP contribution < -0.4 is 5.32 Å². The van der Waals surface area contributed by atoms with E-state index in [4.69, 9.17) is 4.74 Å². The molecule has 1 fully saturated rings. The number of aryl methyl sites for hydroxylation is 1.